The Hall–Kier alpha value is -1.14. The molecule has 0 amide bonds. The molecular formula is C13H17F3N2O. The zero-order valence-corrected chi connectivity index (χ0v) is 10.5. The summed E-state index contributed by atoms with van der Waals surface area (Å²) in [6, 6.07) is 3.71. The fraction of sp³-hybridized carbons (Fsp3) is 0.615. The van der Waals surface area contributed by atoms with E-state index in [0.717, 1.165) is 18.5 Å². The van der Waals surface area contributed by atoms with Crippen molar-refractivity contribution in [2.45, 2.75) is 37.4 Å². The van der Waals surface area contributed by atoms with Crippen LogP contribution in [0.2, 0.25) is 0 Å². The number of alkyl halides is 3. The number of nitrogens with two attached hydrogens (primary N) is 1. The number of ether oxygens (including phenoxy) is 1. The number of hydrogen-bond donors (Lipinski definition) is 1. The van der Waals surface area contributed by atoms with E-state index in [-0.39, 0.29) is 18.6 Å². The zero-order chi connectivity index (χ0) is 13.9. The van der Waals surface area contributed by atoms with Crippen LogP contribution in [-0.2, 0) is 11.2 Å². The van der Waals surface area contributed by atoms with Crippen LogP contribution < -0.4 is 5.73 Å². The van der Waals surface area contributed by atoms with Crippen molar-refractivity contribution in [1.29, 1.82) is 0 Å². The van der Waals surface area contributed by atoms with Crippen LogP contribution in [0.25, 0.3) is 0 Å². The first-order valence-corrected chi connectivity index (χ1v) is 6.31. The SMILES string of the molecule is NC(CCOCC(F)(F)F)C1CCc2cccnc21. The summed E-state index contributed by atoms with van der Waals surface area (Å²) < 4.78 is 40.3. The molecule has 1 aliphatic carbocycles. The van der Waals surface area contributed by atoms with Gasteiger partial charge in [0.25, 0.3) is 0 Å². The van der Waals surface area contributed by atoms with Gasteiger partial charge in [0, 0.05) is 30.5 Å². The fourth-order valence-electron chi connectivity index (χ4n) is 2.47. The summed E-state index contributed by atoms with van der Waals surface area (Å²) in [6.45, 7) is -1.18. The van der Waals surface area contributed by atoms with E-state index in [2.05, 4.69) is 9.72 Å². The predicted octanol–water partition coefficient (Wildman–Crippen LogP) is 2.41. The number of pyridine rings is 1. The van der Waals surface area contributed by atoms with Gasteiger partial charge < -0.3 is 10.5 Å². The first-order valence-electron chi connectivity index (χ1n) is 6.31. The number of fused-ring (bicyclic) bond motifs is 1. The number of aryl methyl sites for hydroxylation is 1. The molecule has 106 valence electrons. The van der Waals surface area contributed by atoms with Crippen molar-refractivity contribution in [1.82, 2.24) is 4.98 Å². The molecule has 0 radical (unpaired) electrons. The summed E-state index contributed by atoms with van der Waals surface area (Å²) in [4.78, 5) is 4.33. The van der Waals surface area contributed by atoms with E-state index in [0.29, 0.717) is 6.42 Å². The first kappa shape index (κ1) is 14.3. The standard InChI is InChI=1S/C13H17F3N2O/c14-13(15,16)8-19-7-5-11(17)10-4-3-9-2-1-6-18-12(9)10/h1-2,6,10-11H,3-5,7-8,17H2. The van der Waals surface area contributed by atoms with E-state index in [1.165, 1.54) is 5.56 Å². The molecule has 3 nitrogen and oxygen atoms in total. The Morgan fingerprint density at radius 1 is 1.47 bits per heavy atom. The number of hydrogen-bond acceptors (Lipinski definition) is 3. The summed E-state index contributed by atoms with van der Waals surface area (Å²) in [5.41, 5.74) is 8.23. The van der Waals surface area contributed by atoms with E-state index in [1.54, 1.807) is 6.20 Å². The minimum Gasteiger partial charge on any atom is -0.372 e. The van der Waals surface area contributed by atoms with E-state index in [1.807, 2.05) is 12.1 Å². The Kier molecular flexibility index (Phi) is 4.42. The molecule has 1 aromatic rings. The summed E-state index contributed by atoms with van der Waals surface area (Å²) >= 11 is 0. The largest absolute Gasteiger partial charge is 0.411 e. The number of nitrogens with zero attached hydrogens (tertiary/aromatic N) is 1. The predicted molar refractivity (Wildman–Crippen MR) is 64.8 cm³/mol. The van der Waals surface area contributed by atoms with Gasteiger partial charge in [0.05, 0.1) is 0 Å². The summed E-state index contributed by atoms with van der Waals surface area (Å²) in [5, 5.41) is 0. The minimum atomic E-state index is -4.27. The lowest BCUT2D eigenvalue weighted by Gasteiger charge is -2.19. The van der Waals surface area contributed by atoms with Crippen LogP contribution in [0.1, 0.15) is 30.0 Å². The summed E-state index contributed by atoms with van der Waals surface area (Å²) in [7, 11) is 0. The molecule has 1 aliphatic rings. The van der Waals surface area contributed by atoms with Crippen LogP contribution >= 0.6 is 0 Å². The van der Waals surface area contributed by atoms with Crippen molar-refractivity contribution in [2.75, 3.05) is 13.2 Å². The lowest BCUT2D eigenvalue weighted by atomic mass is 9.95. The topological polar surface area (TPSA) is 48.1 Å². The third-order valence-electron chi connectivity index (χ3n) is 3.38. The van der Waals surface area contributed by atoms with Gasteiger partial charge in [-0.2, -0.15) is 13.2 Å². The molecule has 2 atom stereocenters. The Balaban J connectivity index is 1.80. The summed E-state index contributed by atoms with van der Waals surface area (Å²) in [5.74, 6) is 0.130. The minimum absolute atomic E-state index is 0.0271. The normalized spacial score (nSPS) is 20.3. The number of rotatable bonds is 5. The molecule has 2 rings (SSSR count). The second-order valence-electron chi connectivity index (χ2n) is 4.81. The molecule has 0 aromatic carbocycles. The second kappa shape index (κ2) is 5.88. The first-order chi connectivity index (χ1) is 8.97. The molecule has 0 saturated carbocycles. The Bertz CT molecular complexity index is 423. The maximum atomic E-state index is 11.9. The van der Waals surface area contributed by atoms with Crippen molar-refractivity contribution >= 4 is 0 Å². The molecule has 0 aliphatic heterocycles. The average molecular weight is 274 g/mol. The highest BCUT2D eigenvalue weighted by Gasteiger charge is 2.30. The Labute approximate surface area is 110 Å². The molecule has 0 bridgehead atoms. The highest BCUT2D eigenvalue weighted by molar-refractivity contribution is 5.29. The smallest absolute Gasteiger partial charge is 0.372 e. The Morgan fingerprint density at radius 3 is 3.00 bits per heavy atom. The van der Waals surface area contributed by atoms with Gasteiger partial charge in [-0.25, -0.2) is 0 Å². The van der Waals surface area contributed by atoms with Gasteiger partial charge in [-0.15, -0.1) is 0 Å². The van der Waals surface area contributed by atoms with E-state index in [4.69, 9.17) is 5.73 Å². The van der Waals surface area contributed by atoms with Gasteiger partial charge in [-0.1, -0.05) is 6.07 Å². The molecule has 0 fully saturated rings. The van der Waals surface area contributed by atoms with Crippen LogP contribution in [0.15, 0.2) is 18.3 Å². The van der Waals surface area contributed by atoms with Crippen molar-refractivity contribution in [2.24, 2.45) is 5.73 Å². The zero-order valence-electron chi connectivity index (χ0n) is 10.5. The van der Waals surface area contributed by atoms with Crippen LogP contribution in [0, 0.1) is 0 Å². The molecular weight excluding hydrogens is 257 g/mol. The lowest BCUT2D eigenvalue weighted by molar-refractivity contribution is -0.174. The molecule has 1 aromatic heterocycles. The molecule has 0 saturated heterocycles. The van der Waals surface area contributed by atoms with Gasteiger partial charge in [0.1, 0.15) is 6.61 Å². The maximum Gasteiger partial charge on any atom is 0.411 e. The highest BCUT2D eigenvalue weighted by Crippen LogP contribution is 2.33. The van der Waals surface area contributed by atoms with Crippen LogP contribution in [-0.4, -0.2) is 30.4 Å². The Morgan fingerprint density at radius 2 is 2.26 bits per heavy atom. The van der Waals surface area contributed by atoms with E-state index in [9.17, 15) is 13.2 Å². The van der Waals surface area contributed by atoms with Crippen LogP contribution in [0.3, 0.4) is 0 Å². The molecule has 2 unspecified atom stereocenters. The molecule has 6 heteroatoms. The highest BCUT2D eigenvalue weighted by atomic mass is 19.4. The van der Waals surface area contributed by atoms with Crippen molar-refractivity contribution in [3.8, 4) is 0 Å². The van der Waals surface area contributed by atoms with Gasteiger partial charge in [0.15, 0.2) is 0 Å². The van der Waals surface area contributed by atoms with E-state index < -0.39 is 12.8 Å². The van der Waals surface area contributed by atoms with Gasteiger partial charge in [-0.05, 0) is 30.9 Å². The van der Waals surface area contributed by atoms with Gasteiger partial charge >= 0.3 is 6.18 Å². The van der Waals surface area contributed by atoms with E-state index >= 15 is 0 Å². The fourth-order valence-corrected chi connectivity index (χ4v) is 2.47. The number of halogens is 3. The molecule has 0 spiro atoms. The van der Waals surface area contributed by atoms with Crippen LogP contribution in [0.4, 0.5) is 13.2 Å². The molecule has 19 heavy (non-hydrogen) atoms. The molecule has 1 heterocycles. The van der Waals surface area contributed by atoms with Crippen LogP contribution in [0.5, 0.6) is 0 Å². The third-order valence-corrected chi connectivity index (χ3v) is 3.38. The quantitative estimate of drug-likeness (QED) is 0.839. The average Bonchev–Trinajstić information content (AvgIpc) is 2.77. The van der Waals surface area contributed by atoms with Crippen molar-refractivity contribution < 1.29 is 17.9 Å². The van der Waals surface area contributed by atoms with Gasteiger partial charge in [0.2, 0.25) is 0 Å². The van der Waals surface area contributed by atoms with Crippen molar-refractivity contribution in [3.63, 3.8) is 0 Å². The van der Waals surface area contributed by atoms with Gasteiger partial charge in [-0.3, -0.25) is 4.98 Å². The molecule has 2 N–H and O–H groups in total. The summed E-state index contributed by atoms with van der Waals surface area (Å²) in [6.07, 6.45) is -0.288. The number of aromatic nitrogens is 1. The lowest BCUT2D eigenvalue weighted by Crippen LogP contribution is -2.30. The second-order valence-corrected chi connectivity index (χ2v) is 4.81. The van der Waals surface area contributed by atoms with Crippen molar-refractivity contribution in [3.05, 3.63) is 29.6 Å². The monoisotopic (exact) mass is 274 g/mol. The third kappa shape index (κ3) is 3.91. The maximum absolute atomic E-state index is 11.9.